The van der Waals surface area contributed by atoms with E-state index in [4.69, 9.17) is 21.7 Å². The number of ether oxygens (including phenoxy) is 2. The zero-order valence-corrected chi connectivity index (χ0v) is 20.7. The summed E-state index contributed by atoms with van der Waals surface area (Å²) in [5.74, 6) is -0.193. The average molecular weight is 496 g/mol. The number of hydrogen-bond acceptors (Lipinski definition) is 6. The molecule has 1 saturated carbocycles. The largest absolute Gasteiger partial charge is 0.494 e. The number of thiocarbonyl (C=S) groups is 1. The summed E-state index contributed by atoms with van der Waals surface area (Å²) in [6.45, 7) is 4.70. The van der Waals surface area contributed by atoms with Crippen LogP contribution in [0.4, 0.5) is 11.4 Å². The summed E-state index contributed by atoms with van der Waals surface area (Å²) in [5, 5.41) is 3.25. The van der Waals surface area contributed by atoms with Crippen LogP contribution in [-0.4, -0.2) is 53.1 Å². The van der Waals surface area contributed by atoms with Gasteiger partial charge < -0.3 is 19.7 Å². The maximum atomic E-state index is 13.4. The summed E-state index contributed by atoms with van der Waals surface area (Å²) in [4.78, 5) is 41.6. The number of benzene rings is 2. The Morgan fingerprint density at radius 1 is 1.06 bits per heavy atom. The molecule has 35 heavy (non-hydrogen) atoms. The second-order valence-electron chi connectivity index (χ2n) is 8.50. The summed E-state index contributed by atoms with van der Waals surface area (Å²) in [6.07, 6.45) is 2.77. The first-order valence-electron chi connectivity index (χ1n) is 11.9. The molecule has 1 aliphatic heterocycles. The van der Waals surface area contributed by atoms with Crippen LogP contribution in [0, 0.1) is 0 Å². The van der Waals surface area contributed by atoms with E-state index in [9.17, 15) is 14.4 Å². The highest BCUT2D eigenvalue weighted by molar-refractivity contribution is 7.80. The van der Waals surface area contributed by atoms with E-state index in [2.05, 4.69) is 5.32 Å². The topological polar surface area (TPSA) is 88.2 Å². The summed E-state index contributed by atoms with van der Waals surface area (Å²) in [7, 11) is 0. The Hall–Kier alpha value is -3.46. The molecule has 2 aromatic rings. The van der Waals surface area contributed by atoms with Gasteiger partial charge in [-0.3, -0.25) is 14.5 Å². The molecule has 8 nitrogen and oxygen atoms in total. The molecule has 2 aromatic carbocycles. The lowest BCUT2D eigenvalue weighted by Crippen LogP contribution is -2.39. The molecule has 1 unspecified atom stereocenters. The van der Waals surface area contributed by atoms with Crippen LogP contribution in [-0.2, 0) is 14.3 Å². The smallest absolute Gasteiger partial charge is 0.338 e. The number of carbonyl (C=O) groups excluding carboxylic acids is 3. The van der Waals surface area contributed by atoms with E-state index in [1.165, 1.54) is 4.90 Å². The minimum absolute atomic E-state index is 0.0129. The molecule has 184 valence electrons. The van der Waals surface area contributed by atoms with Gasteiger partial charge in [0, 0.05) is 11.7 Å². The molecule has 2 amide bonds. The predicted octanol–water partition coefficient (Wildman–Crippen LogP) is 4.15. The van der Waals surface area contributed by atoms with Crippen LogP contribution in [0.1, 0.15) is 49.9 Å². The van der Waals surface area contributed by atoms with Gasteiger partial charge in [0.1, 0.15) is 11.8 Å². The summed E-state index contributed by atoms with van der Waals surface area (Å²) >= 11 is 5.67. The van der Waals surface area contributed by atoms with Crippen molar-refractivity contribution in [2.24, 2.45) is 0 Å². The standard InChI is InChI=1S/C26H29N3O5S/c1-3-15-34-21-13-7-18(8-14-21)27-23(30)16-22-24(31)29(26(35)28(22)19-11-12-19)20-9-5-17(6-10-20)25(32)33-4-2/h5-10,13-14,19,22H,3-4,11-12,15-16H2,1-2H3,(H,27,30). The van der Waals surface area contributed by atoms with Crippen molar-refractivity contribution in [1.82, 2.24) is 4.90 Å². The van der Waals surface area contributed by atoms with E-state index >= 15 is 0 Å². The van der Waals surface area contributed by atoms with Gasteiger partial charge in [-0.05, 0) is 86.9 Å². The summed E-state index contributed by atoms with van der Waals surface area (Å²) < 4.78 is 10.6. The Labute approximate surface area is 210 Å². The highest BCUT2D eigenvalue weighted by Crippen LogP contribution is 2.37. The SMILES string of the molecule is CCCOc1ccc(NC(=O)CC2C(=O)N(c3ccc(C(=O)OCC)cc3)C(=S)N2C2CC2)cc1. The molecule has 1 atom stereocenters. The lowest BCUT2D eigenvalue weighted by atomic mass is 10.1. The fourth-order valence-corrected chi connectivity index (χ4v) is 4.47. The maximum Gasteiger partial charge on any atom is 0.338 e. The van der Waals surface area contributed by atoms with Gasteiger partial charge in [0.05, 0.1) is 30.9 Å². The van der Waals surface area contributed by atoms with Crippen molar-refractivity contribution >= 4 is 46.5 Å². The third kappa shape index (κ3) is 5.62. The molecule has 2 fully saturated rings. The van der Waals surface area contributed by atoms with Gasteiger partial charge in [-0.1, -0.05) is 6.92 Å². The van der Waals surface area contributed by atoms with Crippen molar-refractivity contribution < 1.29 is 23.9 Å². The quantitative estimate of drug-likeness (QED) is 0.391. The van der Waals surface area contributed by atoms with Gasteiger partial charge in [0.25, 0.3) is 5.91 Å². The molecular formula is C26H29N3O5S. The second kappa shape index (κ2) is 10.9. The lowest BCUT2D eigenvalue weighted by Gasteiger charge is -2.23. The maximum absolute atomic E-state index is 13.4. The Morgan fingerprint density at radius 2 is 1.74 bits per heavy atom. The molecule has 0 bridgehead atoms. The molecule has 1 saturated heterocycles. The fourth-order valence-electron chi connectivity index (χ4n) is 4.00. The first kappa shape index (κ1) is 24.7. The minimum Gasteiger partial charge on any atom is -0.494 e. The van der Waals surface area contributed by atoms with Crippen LogP contribution in [0.3, 0.4) is 0 Å². The Kier molecular flexibility index (Phi) is 7.65. The van der Waals surface area contributed by atoms with Crippen LogP contribution in [0.2, 0.25) is 0 Å². The van der Waals surface area contributed by atoms with E-state index in [0.29, 0.717) is 28.7 Å². The van der Waals surface area contributed by atoms with Crippen LogP contribution in [0.5, 0.6) is 5.75 Å². The monoisotopic (exact) mass is 495 g/mol. The minimum atomic E-state index is -0.674. The number of rotatable bonds is 10. The Morgan fingerprint density at radius 3 is 2.34 bits per heavy atom. The first-order chi connectivity index (χ1) is 16.9. The number of carbonyl (C=O) groups is 3. The molecule has 9 heteroatoms. The van der Waals surface area contributed by atoms with Crippen molar-refractivity contribution in [2.45, 2.75) is 51.6 Å². The van der Waals surface area contributed by atoms with Crippen LogP contribution in [0.25, 0.3) is 0 Å². The summed E-state index contributed by atoms with van der Waals surface area (Å²) in [6, 6.07) is 13.2. The van der Waals surface area contributed by atoms with Crippen molar-refractivity contribution in [3.05, 3.63) is 54.1 Å². The predicted molar refractivity (Wildman–Crippen MR) is 137 cm³/mol. The Balaban J connectivity index is 1.45. The number of amides is 2. The summed E-state index contributed by atoms with van der Waals surface area (Å²) in [5.41, 5.74) is 1.59. The number of hydrogen-bond donors (Lipinski definition) is 1. The van der Waals surface area contributed by atoms with Crippen molar-refractivity contribution in [3.8, 4) is 5.75 Å². The van der Waals surface area contributed by atoms with Gasteiger partial charge in [-0.15, -0.1) is 0 Å². The second-order valence-corrected chi connectivity index (χ2v) is 8.87. The van der Waals surface area contributed by atoms with E-state index < -0.39 is 12.0 Å². The molecule has 1 N–H and O–H groups in total. The molecule has 1 heterocycles. The van der Waals surface area contributed by atoms with Crippen LogP contribution in [0.15, 0.2) is 48.5 Å². The Bertz CT molecular complexity index is 1100. The third-order valence-electron chi connectivity index (χ3n) is 5.82. The number of nitrogens with zero attached hydrogens (tertiary/aromatic N) is 2. The van der Waals surface area contributed by atoms with Gasteiger partial charge in [0.2, 0.25) is 5.91 Å². The van der Waals surface area contributed by atoms with E-state index in [-0.39, 0.29) is 30.9 Å². The van der Waals surface area contributed by atoms with E-state index in [1.807, 2.05) is 11.8 Å². The van der Waals surface area contributed by atoms with Gasteiger partial charge in [0.15, 0.2) is 5.11 Å². The zero-order valence-electron chi connectivity index (χ0n) is 19.9. The van der Waals surface area contributed by atoms with Crippen molar-refractivity contribution in [2.75, 3.05) is 23.4 Å². The number of nitrogens with one attached hydrogen (secondary N) is 1. The first-order valence-corrected chi connectivity index (χ1v) is 12.3. The zero-order chi connectivity index (χ0) is 24.9. The average Bonchev–Trinajstić information content (AvgIpc) is 3.65. The van der Waals surface area contributed by atoms with Gasteiger partial charge >= 0.3 is 5.97 Å². The molecular weight excluding hydrogens is 466 g/mol. The normalized spacial score (nSPS) is 17.5. The number of anilines is 2. The molecule has 0 spiro atoms. The van der Waals surface area contributed by atoms with Crippen molar-refractivity contribution in [3.63, 3.8) is 0 Å². The van der Waals surface area contributed by atoms with Crippen LogP contribution < -0.4 is 15.0 Å². The molecule has 0 radical (unpaired) electrons. The number of esters is 1. The third-order valence-corrected chi connectivity index (χ3v) is 6.21. The van der Waals surface area contributed by atoms with Gasteiger partial charge in [-0.25, -0.2) is 4.79 Å². The molecule has 1 aliphatic carbocycles. The highest BCUT2D eigenvalue weighted by atomic mass is 32.1. The van der Waals surface area contributed by atoms with E-state index in [1.54, 1.807) is 55.5 Å². The lowest BCUT2D eigenvalue weighted by molar-refractivity contribution is -0.124. The molecule has 0 aromatic heterocycles. The van der Waals surface area contributed by atoms with Crippen LogP contribution >= 0.6 is 12.2 Å². The van der Waals surface area contributed by atoms with Crippen molar-refractivity contribution in [1.29, 1.82) is 0 Å². The van der Waals surface area contributed by atoms with E-state index in [0.717, 1.165) is 25.0 Å². The molecule has 2 aliphatic rings. The van der Waals surface area contributed by atoms with Gasteiger partial charge in [-0.2, -0.15) is 0 Å². The highest BCUT2D eigenvalue weighted by Gasteiger charge is 2.49. The fraction of sp³-hybridized carbons (Fsp3) is 0.385. The molecule has 4 rings (SSSR count).